The lowest BCUT2D eigenvalue weighted by Crippen LogP contribution is -2.11. The standard InChI is InChI=1S/C15H10ClNO3S/c16-10-6-7-11-12(8-10)21(19,20)15(14(11)18)13(17)9-4-2-1-3-5-9/h1-8H,17H2/b15-13+. The van der Waals surface area contributed by atoms with Crippen molar-refractivity contribution in [3.8, 4) is 0 Å². The van der Waals surface area contributed by atoms with Crippen LogP contribution in [0.2, 0.25) is 5.02 Å². The number of carbonyl (C=O) groups is 1. The van der Waals surface area contributed by atoms with Gasteiger partial charge >= 0.3 is 0 Å². The molecule has 0 atom stereocenters. The van der Waals surface area contributed by atoms with E-state index in [1.54, 1.807) is 30.3 Å². The summed E-state index contributed by atoms with van der Waals surface area (Å²) in [5.74, 6) is -0.594. The fraction of sp³-hybridized carbons (Fsp3) is 0. The molecule has 0 bridgehead atoms. The number of Topliss-reactive ketones (excluding diaryl/α,β-unsaturated/α-hetero) is 1. The summed E-state index contributed by atoms with van der Waals surface area (Å²) in [7, 11) is -3.94. The third kappa shape index (κ3) is 2.05. The van der Waals surface area contributed by atoms with E-state index in [4.69, 9.17) is 17.3 Å². The summed E-state index contributed by atoms with van der Waals surface area (Å²) in [6.45, 7) is 0. The summed E-state index contributed by atoms with van der Waals surface area (Å²) in [6.07, 6.45) is 0. The molecule has 6 heteroatoms. The number of rotatable bonds is 1. The Balaban J connectivity index is 2.31. The molecule has 2 N–H and O–H groups in total. The maximum atomic E-state index is 12.5. The Morgan fingerprint density at radius 1 is 1.05 bits per heavy atom. The highest BCUT2D eigenvalue weighted by Gasteiger charge is 2.41. The summed E-state index contributed by atoms with van der Waals surface area (Å²) in [6, 6.07) is 12.7. The average Bonchev–Trinajstić information content (AvgIpc) is 2.66. The predicted octanol–water partition coefficient (Wildman–Crippen LogP) is 2.64. The van der Waals surface area contributed by atoms with Gasteiger partial charge in [-0.2, -0.15) is 0 Å². The maximum Gasteiger partial charge on any atom is 0.213 e. The van der Waals surface area contributed by atoms with Crippen LogP contribution in [0.15, 0.2) is 58.3 Å². The van der Waals surface area contributed by atoms with Gasteiger partial charge in [0.1, 0.15) is 4.91 Å². The van der Waals surface area contributed by atoms with E-state index in [9.17, 15) is 13.2 Å². The third-order valence-corrected chi connectivity index (χ3v) is 5.38. The number of hydrogen-bond acceptors (Lipinski definition) is 4. The van der Waals surface area contributed by atoms with Crippen LogP contribution in [-0.2, 0) is 9.84 Å². The van der Waals surface area contributed by atoms with Crippen molar-refractivity contribution in [1.29, 1.82) is 0 Å². The summed E-state index contributed by atoms with van der Waals surface area (Å²) in [5.41, 5.74) is 6.48. The van der Waals surface area contributed by atoms with Gasteiger partial charge in [-0.15, -0.1) is 0 Å². The molecule has 0 fully saturated rings. The minimum absolute atomic E-state index is 0.0482. The SMILES string of the molecule is N/C(=C1\C(=O)c2ccc(Cl)cc2S1(=O)=O)c1ccccc1. The Labute approximate surface area is 126 Å². The van der Waals surface area contributed by atoms with Gasteiger partial charge in [0.25, 0.3) is 0 Å². The molecule has 1 heterocycles. The fourth-order valence-electron chi connectivity index (χ4n) is 2.28. The number of benzene rings is 2. The van der Waals surface area contributed by atoms with Crippen molar-refractivity contribution in [2.45, 2.75) is 4.90 Å². The molecule has 0 spiro atoms. The number of sulfone groups is 1. The second-order valence-electron chi connectivity index (χ2n) is 4.58. The summed E-state index contributed by atoms with van der Waals surface area (Å²) >= 11 is 5.82. The van der Waals surface area contributed by atoms with Crippen molar-refractivity contribution < 1.29 is 13.2 Å². The van der Waals surface area contributed by atoms with Crippen molar-refractivity contribution in [3.05, 3.63) is 69.6 Å². The highest BCUT2D eigenvalue weighted by atomic mass is 35.5. The van der Waals surface area contributed by atoms with Gasteiger partial charge < -0.3 is 5.73 Å². The van der Waals surface area contributed by atoms with E-state index >= 15 is 0 Å². The zero-order valence-electron chi connectivity index (χ0n) is 10.7. The quantitative estimate of drug-likeness (QED) is 0.820. The molecule has 1 aliphatic rings. The highest BCUT2D eigenvalue weighted by Crippen LogP contribution is 2.38. The molecule has 0 radical (unpaired) electrons. The molecular weight excluding hydrogens is 310 g/mol. The third-order valence-electron chi connectivity index (χ3n) is 3.28. The van der Waals surface area contributed by atoms with E-state index in [2.05, 4.69) is 0 Å². The van der Waals surface area contributed by atoms with Crippen LogP contribution in [-0.4, -0.2) is 14.2 Å². The van der Waals surface area contributed by atoms with Gasteiger partial charge in [-0.3, -0.25) is 4.79 Å². The highest BCUT2D eigenvalue weighted by molar-refractivity contribution is 7.97. The number of fused-ring (bicyclic) bond motifs is 1. The molecule has 106 valence electrons. The Hall–Kier alpha value is -2.11. The lowest BCUT2D eigenvalue weighted by Gasteiger charge is -2.05. The van der Waals surface area contributed by atoms with Crippen LogP contribution in [0.5, 0.6) is 0 Å². The van der Waals surface area contributed by atoms with E-state index in [1.807, 2.05) is 0 Å². The van der Waals surface area contributed by atoms with Crippen molar-refractivity contribution >= 4 is 32.9 Å². The van der Waals surface area contributed by atoms with E-state index in [0.29, 0.717) is 5.56 Å². The number of allylic oxidation sites excluding steroid dienone is 1. The first-order valence-electron chi connectivity index (χ1n) is 6.07. The molecule has 0 amide bonds. The van der Waals surface area contributed by atoms with E-state index in [0.717, 1.165) is 0 Å². The zero-order valence-corrected chi connectivity index (χ0v) is 12.3. The number of ketones is 1. The first-order valence-corrected chi connectivity index (χ1v) is 7.93. The fourth-order valence-corrected chi connectivity index (χ4v) is 4.23. The van der Waals surface area contributed by atoms with Crippen LogP contribution >= 0.6 is 11.6 Å². The minimum atomic E-state index is -3.94. The molecule has 2 aromatic rings. The van der Waals surface area contributed by atoms with E-state index < -0.39 is 15.6 Å². The van der Waals surface area contributed by atoms with Gasteiger partial charge in [0.15, 0.2) is 0 Å². The zero-order chi connectivity index (χ0) is 15.2. The Kier molecular flexibility index (Phi) is 3.11. The number of nitrogens with two attached hydrogens (primary N) is 1. The number of carbonyl (C=O) groups excluding carboxylic acids is 1. The summed E-state index contributed by atoms with van der Waals surface area (Å²) in [5, 5.41) is 0.254. The normalized spacial score (nSPS) is 18.4. The van der Waals surface area contributed by atoms with Crippen LogP contribution in [0.1, 0.15) is 15.9 Å². The molecule has 2 aromatic carbocycles. The largest absolute Gasteiger partial charge is 0.397 e. The molecule has 3 rings (SSSR count). The van der Waals surface area contributed by atoms with Gasteiger partial charge in [0.2, 0.25) is 15.6 Å². The first kappa shape index (κ1) is 13.9. The van der Waals surface area contributed by atoms with Gasteiger partial charge in [-0.25, -0.2) is 8.42 Å². The van der Waals surface area contributed by atoms with Crippen molar-refractivity contribution in [2.75, 3.05) is 0 Å². The lowest BCUT2D eigenvalue weighted by molar-refractivity contribution is 0.104. The van der Waals surface area contributed by atoms with E-state index in [1.165, 1.54) is 18.2 Å². The predicted molar refractivity (Wildman–Crippen MR) is 80.5 cm³/mol. The van der Waals surface area contributed by atoms with Crippen LogP contribution in [0.3, 0.4) is 0 Å². The second kappa shape index (κ2) is 4.72. The molecule has 21 heavy (non-hydrogen) atoms. The molecule has 0 unspecified atom stereocenters. The molecule has 0 saturated carbocycles. The molecule has 0 saturated heterocycles. The summed E-state index contributed by atoms with van der Waals surface area (Å²) < 4.78 is 25.1. The molecule has 1 aliphatic heterocycles. The first-order chi connectivity index (χ1) is 9.93. The van der Waals surface area contributed by atoms with Gasteiger partial charge in [0, 0.05) is 10.6 Å². The lowest BCUT2D eigenvalue weighted by atomic mass is 10.1. The average molecular weight is 320 g/mol. The van der Waals surface area contributed by atoms with Crippen molar-refractivity contribution in [1.82, 2.24) is 0 Å². The monoisotopic (exact) mass is 319 g/mol. The molecular formula is C15H10ClNO3S. The smallest absolute Gasteiger partial charge is 0.213 e. The molecule has 4 nitrogen and oxygen atoms in total. The van der Waals surface area contributed by atoms with Gasteiger partial charge in [-0.1, -0.05) is 41.9 Å². The van der Waals surface area contributed by atoms with Crippen molar-refractivity contribution in [3.63, 3.8) is 0 Å². The van der Waals surface area contributed by atoms with Crippen LogP contribution < -0.4 is 5.73 Å². The Morgan fingerprint density at radius 3 is 2.38 bits per heavy atom. The molecule has 0 aromatic heterocycles. The van der Waals surface area contributed by atoms with Gasteiger partial charge in [-0.05, 0) is 23.8 Å². The van der Waals surface area contributed by atoms with Crippen LogP contribution in [0.25, 0.3) is 5.70 Å². The second-order valence-corrected chi connectivity index (χ2v) is 6.87. The van der Waals surface area contributed by atoms with Gasteiger partial charge in [0.05, 0.1) is 10.6 Å². The minimum Gasteiger partial charge on any atom is -0.397 e. The summed E-state index contributed by atoms with van der Waals surface area (Å²) in [4.78, 5) is 11.9. The topological polar surface area (TPSA) is 77.2 Å². The Morgan fingerprint density at radius 2 is 1.71 bits per heavy atom. The number of hydrogen-bond donors (Lipinski definition) is 1. The Bertz CT molecular complexity index is 886. The molecule has 0 aliphatic carbocycles. The van der Waals surface area contributed by atoms with Crippen LogP contribution in [0, 0.1) is 0 Å². The van der Waals surface area contributed by atoms with E-state index in [-0.39, 0.29) is 26.1 Å². The number of halogens is 1. The maximum absolute atomic E-state index is 12.5. The van der Waals surface area contributed by atoms with Crippen LogP contribution in [0.4, 0.5) is 0 Å². The van der Waals surface area contributed by atoms with Crippen molar-refractivity contribution in [2.24, 2.45) is 5.73 Å².